The van der Waals surface area contributed by atoms with Crippen LogP contribution in [-0.2, 0) is 21.4 Å². The predicted molar refractivity (Wildman–Crippen MR) is 116 cm³/mol. The largest absolute Gasteiger partial charge is 0.496 e. The van der Waals surface area contributed by atoms with Crippen LogP contribution in [0, 0.1) is 6.92 Å². The molecule has 4 rings (SSSR count). The van der Waals surface area contributed by atoms with Crippen LogP contribution in [0.15, 0.2) is 41.1 Å². The van der Waals surface area contributed by atoms with Gasteiger partial charge in [0.05, 0.1) is 23.7 Å². The van der Waals surface area contributed by atoms with Gasteiger partial charge >= 0.3 is 16.2 Å². The van der Waals surface area contributed by atoms with E-state index in [1.165, 1.54) is 19.6 Å². The highest BCUT2D eigenvalue weighted by Crippen LogP contribution is 2.46. The molecule has 1 aliphatic rings. The van der Waals surface area contributed by atoms with Crippen LogP contribution in [0.4, 0.5) is 5.00 Å². The molecule has 0 saturated carbocycles. The van der Waals surface area contributed by atoms with Crippen molar-refractivity contribution in [2.45, 2.75) is 13.3 Å². The molecule has 12 heteroatoms. The summed E-state index contributed by atoms with van der Waals surface area (Å²) in [6, 6.07) is 7.19. The molecule has 0 radical (unpaired) electrons. The van der Waals surface area contributed by atoms with Crippen molar-refractivity contribution in [3.8, 4) is 16.5 Å². The Labute approximate surface area is 187 Å². The first-order chi connectivity index (χ1) is 15.3. The topological polar surface area (TPSA) is 130 Å². The Kier molecular flexibility index (Phi) is 5.65. The number of carbonyl (C=O) groups is 2. The lowest BCUT2D eigenvalue weighted by Gasteiger charge is -2.34. The first-order valence-corrected chi connectivity index (χ1v) is 11.7. The van der Waals surface area contributed by atoms with Gasteiger partial charge < -0.3 is 14.3 Å². The van der Waals surface area contributed by atoms with E-state index < -0.39 is 28.6 Å². The molecule has 1 aliphatic heterocycles. The van der Waals surface area contributed by atoms with Crippen LogP contribution in [0.25, 0.3) is 10.8 Å². The summed E-state index contributed by atoms with van der Waals surface area (Å²) >= 11 is 1.06. The van der Waals surface area contributed by atoms with Crippen molar-refractivity contribution in [1.29, 1.82) is 0 Å². The molecule has 2 aromatic heterocycles. The monoisotopic (exact) mass is 477 g/mol. The summed E-state index contributed by atoms with van der Waals surface area (Å²) in [5.41, 5.74) is 1.37. The Morgan fingerprint density at radius 3 is 2.69 bits per heavy atom. The minimum absolute atomic E-state index is 0.0237. The van der Waals surface area contributed by atoms with Gasteiger partial charge in [-0.15, -0.1) is 11.3 Å². The molecular formula is C20H19N3O7S2. The molecule has 0 aliphatic carbocycles. The van der Waals surface area contributed by atoms with Gasteiger partial charge in [-0.25, -0.2) is 13.6 Å². The fraction of sp³-hybridized carbons (Fsp3) is 0.250. The van der Waals surface area contributed by atoms with Crippen LogP contribution in [0.5, 0.6) is 5.75 Å². The Hall–Kier alpha value is -3.38. The van der Waals surface area contributed by atoms with Crippen LogP contribution in [0.3, 0.4) is 0 Å². The highest BCUT2D eigenvalue weighted by atomic mass is 32.2. The number of benzene rings is 1. The Morgan fingerprint density at radius 2 is 2.03 bits per heavy atom. The third-order valence-electron chi connectivity index (χ3n) is 5.03. The number of thiophene rings is 1. The van der Waals surface area contributed by atoms with Crippen molar-refractivity contribution >= 4 is 38.4 Å². The number of nitrogens with zero attached hydrogens (tertiary/aromatic N) is 3. The van der Waals surface area contributed by atoms with Crippen molar-refractivity contribution < 1.29 is 32.3 Å². The summed E-state index contributed by atoms with van der Waals surface area (Å²) in [6.07, 6.45) is 3.10. The Bertz CT molecular complexity index is 1280. The highest BCUT2D eigenvalue weighted by Gasteiger charge is 2.45. The van der Waals surface area contributed by atoms with E-state index in [0.717, 1.165) is 21.2 Å². The van der Waals surface area contributed by atoms with Crippen molar-refractivity contribution in [2.75, 3.05) is 24.5 Å². The van der Waals surface area contributed by atoms with E-state index in [1.54, 1.807) is 19.1 Å². The van der Waals surface area contributed by atoms with Crippen LogP contribution in [-0.4, -0.2) is 54.9 Å². The second-order valence-corrected chi connectivity index (χ2v) is 9.70. The fourth-order valence-electron chi connectivity index (χ4n) is 3.54. The maximum atomic E-state index is 13.3. The van der Waals surface area contributed by atoms with E-state index in [0.29, 0.717) is 20.5 Å². The molecule has 0 unspecified atom stereocenters. The average molecular weight is 478 g/mol. The molecule has 10 nitrogen and oxygen atoms in total. The zero-order chi connectivity index (χ0) is 23.0. The zero-order valence-corrected chi connectivity index (χ0v) is 18.8. The van der Waals surface area contributed by atoms with Crippen molar-refractivity contribution in [2.24, 2.45) is 0 Å². The first-order valence-electron chi connectivity index (χ1n) is 9.47. The molecule has 0 saturated heterocycles. The standard InChI is InChI=1S/C20H19N3O7S2/c1-12-16-19(26)23(11-15(24)25)32(27,28)22(9-7-13-5-3-4-6-14(13)29-2)20(16)31-17(12)18-21-8-10-30-18/h3-6,8,10H,7,9,11H2,1-2H3,(H,24,25). The van der Waals surface area contributed by atoms with E-state index in [1.807, 2.05) is 12.1 Å². The SMILES string of the molecule is COc1ccccc1CCN1c2sc(-c3ncco3)c(C)c2C(=O)N(CC(=O)O)S1(=O)=O. The number of aliphatic carboxylic acids is 1. The zero-order valence-electron chi connectivity index (χ0n) is 17.1. The number of carbonyl (C=O) groups excluding carboxylic acids is 1. The number of oxazole rings is 1. The number of para-hydroxylation sites is 1. The normalized spacial score (nSPS) is 15.0. The number of carboxylic acid groups (broad SMARTS) is 1. The van der Waals surface area contributed by atoms with Crippen molar-refractivity contribution in [1.82, 2.24) is 9.29 Å². The quantitative estimate of drug-likeness (QED) is 0.549. The van der Waals surface area contributed by atoms with Gasteiger partial charge in [0.25, 0.3) is 5.91 Å². The lowest BCUT2D eigenvalue weighted by molar-refractivity contribution is -0.136. The second-order valence-electron chi connectivity index (χ2n) is 6.92. The predicted octanol–water partition coefficient (Wildman–Crippen LogP) is 2.55. The summed E-state index contributed by atoms with van der Waals surface area (Å²) in [6.45, 7) is 0.654. The smallest absolute Gasteiger partial charge is 0.330 e. The molecule has 168 valence electrons. The van der Waals surface area contributed by atoms with E-state index in [4.69, 9.17) is 9.15 Å². The number of methoxy groups -OCH3 is 1. The molecule has 0 fully saturated rings. The summed E-state index contributed by atoms with van der Waals surface area (Å²) < 4.78 is 38.8. The van der Waals surface area contributed by atoms with Gasteiger partial charge in [0.2, 0.25) is 5.89 Å². The molecule has 3 aromatic rings. The molecule has 3 heterocycles. The number of amides is 1. The van der Waals surface area contributed by atoms with E-state index >= 15 is 0 Å². The van der Waals surface area contributed by atoms with Crippen LogP contribution in [0.2, 0.25) is 0 Å². The van der Waals surface area contributed by atoms with Gasteiger partial charge in [-0.05, 0) is 30.5 Å². The number of carboxylic acids is 1. The number of anilines is 1. The molecule has 1 aromatic carbocycles. The third-order valence-corrected chi connectivity index (χ3v) is 8.23. The minimum Gasteiger partial charge on any atom is -0.496 e. The van der Waals surface area contributed by atoms with Gasteiger partial charge in [-0.2, -0.15) is 8.42 Å². The van der Waals surface area contributed by atoms with Gasteiger partial charge in [0.15, 0.2) is 0 Å². The number of hydrogen-bond acceptors (Lipinski definition) is 8. The van der Waals surface area contributed by atoms with E-state index in [9.17, 15) is 23.1 Å². The van der Waals surface area contributed by atoms with Crippen molar-refractivity contribution in [3.05, 3.63) is 53.4 Å². The van der Waals surface area contributed by atoms with E-state index in [-0.39, 0.29) is 29.4 Å². The van der Waals surface area contributed by atoms with Gasteiger partial charge in [-0.3, -0.25) is 9.59 Å². The summed E-state index contributed by atoms with van der Waals surface area (Å²) in [5, 5.41) is 9.44. The van der Waals surface area contributed by atoms with Crippen LogP contribution < -0.4 is 9.04 Å². The van der Waals surface area contributed by atoms with E-state index in [2.05, 4.69) is 4.98 Å². The Balaban J connectivity index is 1.82. The molecule has 0 atom stereocenters. The molecule has 32 heavy (non-hydrogen) atoms. The summed E-state index contributed by atoms with van der Waals surface area (Å²) in [7, 11) is -2.91. The lowest BCUT2D eigenvalue weighted by Crippen LogP contribution is -2.53. The maximum Gasteiger partial charge on any atom is 0.330 e. The summed E-state index contributed by atoms with van der Waals surface area (Å²) in [4.78, 5) is 29.0. The van der Waals surface area contributed by atoms with Gasteiger partial charge in [-0.1, -0.05) is 18.2 Å². The molecular weight excluding hydrogens is 458 g/mol. The minimum atomic E-state index is -4.43. The highest BCUT2D eigenvalue weighted by molar-refractivity contribution is 7.91. The maximum absolute atomic E-state index is 13.3. The number of ether oxygens (including phenoxy) is 1. The van der Waals surface area contributed by atoms with Crippen LogP contribution in [0.1, 0.15) is 21.5 Å². The molecule has 1 amide bonds. The molecule has 0 bridgehead atoms. The fourth-order valence-corrected chi connectivity index (χ4v) is 6.54. The first kappa shape index (κ1) is 21.8. The third kappa shape index (κ3) is 3.60. The average Bonchev–Trinajstić information content (AvgIpc) is 3.39. The lowest BCUT2D eigenvalue weighted by atomic mass is 10.1. The van der Waals surface area contributed by atoms with Crippen LogP contribution >= 0.6 is 11.3 Å². The number of aromatic nitrogens is 1. The van der Waals surface area contributed by atoms with Gasteiger partial charge in [0, 0.05) is 6.54 Å². The second kappa shape index (κ2) is 8.28. The number of hydrogen-bond donors (Lipinski definition) is 1. The number of rotatable bonds is 7. The summed E-state index contributed by atoms with van der Waals surface area (Å²) in [5.74, 6) is -1.47. The molecule has 0 spiro atoms. The molecule has 1 N–H and O–H groups in total. The number of fused-ring (bicyclic) bond motifs is 1. The van der Waals surface area contributed by atoms with Crippen molar-refractivity contribution in [3.63, 3.8) is 0 Å². The van der Waals surface area contributed by atoms with Gasteiger partial charge in [0.1, 0.15) is 23.6 Å². The Morgan fingerprint density at radius 1 is 1.28 bits per heavy atom.